The van der Waals surface area contributed by atoms with E-state index in [0.29, 0.717) is 10.1 Å². The van der Waals surface area contributed by atoms with Crippen molar-refractivity contribution >= 4 is 16.9 Å². The zero-order chi connectivity index (χ0) is 13.3. The Balaban J connectivity index is 3.07. The van der Waals surface area contributed by atoms with Crippen LogP contribution in [0, 0.1) is 16.7 Å². The minimum Gasteiger partial charge on any atom is -0.465 e. The number of aromatic nitrogens is 1. The van der Waals surface area contributed by atoms with Crippen LogP contribution in [0.1, 0.15) is 15.9 Å². The van der Waals surface area contributed by atoms with Gasteiger partial charge in [0.15, 0.2) is 5.49 Å². The molecule has 0 amide bonds. The lowest BCUT2D eigenvalue weighted by Crippen LogP contribution is -2.25. The second kappa shape index (κ2) is 4.22. The topological polar surface area (TPSA) is 99.1 Å². The average molecular weight is 243 g/mol. The Morgan fingerprint density at radius 2 is 2.17 bits per heavy atom. The SMILES string of the molecule is COC(=O)c1c(C#N)c(=N)n(O)c2ccccc12. The van der Waals surface area contributed by atoms with Gasteiger partial charge in [0.05, 0.1) is 18.2 Å². The van der Waals surface area contributed by atoms with Crippen LogP contribution in [0.3, 0.4) is 0 Å². The molecule has 90 valence electrons. The molecule has 0 aliphatic heterocycles. The number of rotatable bonds is 1. The van der Waals surface area contributed by atoms with E-state index in [-0.39, 0.29) is 16.6 Å². The van der Waals surface area contributed by atoms with E-state index in [1.807, 2.05) is 0 Å². The summed E-state index contributed by atoms with van der Waals surface area (Å²) in [4.78, 5) is 11.7. The predicted octanol–water partition coefficient (Wildman–Crippen LogP) is 1.02. The van der Waals surface area contributed by atoms with Gasteiger partial charge in [0.1, 0.15) is 11.6 Å². The Bertz CT molecular complexity index is 741. The van der Waals surface area contributed by atoms with E-state index in [1.165, 1.54) is 7.11 Å². The fourth-order valence-electron chi connectivity index (χ4n) is 1.77. The number of methoxy groups -OCH3 is 1. The molecule has 0 bridgehead atoms. The van der Waals surface area contributed by atoms with E-state index in [1.54, 1.807) is 30.3 Å². The summed E-state index contributed by atoms with van der Waals surface area (Å²) >= 11 is 0. The molecule has 0 radical (unpaired) electrons. The third kappa shape index (κ3) is 1.50. The van der Waals surface area contributed by atoms with E-state index in [9.17, 15) is 10.0 Å². The molecule has 0 aliphatic carbocycles. The highest BCUT2D eigenvalue weighted by molar-refractivity contribution is 6.05. The monoisotopic (exact) mass is 243 g/mol. The summed E-state index contributed by atoms with van der Waals surface area (Å²) in [6.45, 7) is 0. The summed E-state index contributed by atoms with van der Waals surface area (Å²) in [6, 6.07) is 8.18. The second-order valence-corrected chi connectivity index (χ2v) is 3.53. The molecule has 2 N–H and O–H groups in total. The van der Waals surface area contributed by atoms with Crippen molar-refractivity contribution in [3.8, 4) is 6.07 Å². The predicted molar refractivity (Wildman–Crippen MR) is 61.0 cm³/mol. The number of nitriles is 1. The van der Waals surface area contributed by atoms with Gasteiger partial charge in [-0.25, -0.2) is 4.79 Å². The van der Waals surface area contributed by atoms with Crippen molar-refractivity contribution in [3.63, 3.8) is 0 Å². The van der Waals surface area contributed by atoms with Gasteiger partial charge in [-0.1, -0.05) is 18.2 Å². The van der Waals surface area contributed by atoms with E-state index < -0.39 is 11.5 Å². The molecule has 0 saturated carbocycles. The Labute approximate surface area is 102 Å². The van der Waals surface area contributed by atoms with Crippen LogP contribution in [-0.4, -0.2) is 23.0 Å². The molecule has 2 aromatic rings. The standard InChI is InChI=1S/C12H9N3O3/c1-18-12(16)10-7-4-2-3-5-9(7)15(17)11(14)8(10)6-13/h2-5,14,17H,1H3. The first-order chi connectivity index (χ1) is 8.61. The van der Waals surface area contributed by atoms with Gasteiger partial charge in [0, 0.05) is 5.39 Å². The van der Waals surface area contributed by atoms with Crippen LogP contribution in [0.25, 0.3) is 10.9 Å². The van der Waals surface area contributed by atoms with Crippen LogP contribution in [0.4, 0.5) is 0 Å². The summed E-state index contributed by atoms with van der Waals surface area (Å²) in [5, 5.41) is 26.8. The minimum absolute atomic E-state index is 0.00843. The van der Waals surface area contributed by atoms with Crippen LogP contribution in [-0.2, 0) is 4.74 Å². The maximum Gasteiger partial charge on any atom is 0.340 e. The molecule has 6 heteroatoms. The molecule has 0 unspecified atom stereocenters. The fourth-order valence-corrected chi connectivity index (χ4v) is 1.77. The zero-order valence-electron chi connectivity index (χ0n) is 9.47. The fraction of sp³-hybridized carbons (Fsp3) is 0.0833. The first kappa shape index (κ1) is 11.7. The van der Waals surface area contributed by atoms with Crippen LogP contribution in [0.15, 0.2) is 24.3 Å². The Morgan fingerprint density at radius 3 is 2.78 bits per heavy atom. The first-order valence-electron chi connectivity index (χ1n) is 5.01. The highest BCUT2D eigenvalue weighted by Crippen LogP contribution is 2.19. The number of nitrogens with zero attached hydrogens (tertiary/aromatic N) is 2. The number of ether oxygens (including phenoxy) is 1. The largest absolute Gasteiger partial charge is 0.465 e. The Morgan fingerprint density at radius 1 is 1.50 bits per heavy atom. The number of nitrogens with one attached hydrogen (secondary N) is 1. The number of hydrogen-bond acceptors (Lipinski definition) is 5. The van der Waals surface area contributed by atoms with Crippen LogP contribution >= 0.6 is 0 Å². The number of carbonyl (C=O) groups is 1. The maximum atomic E-state index is 11.7. The summed E-state index contributed by atoms with van der Waals surface area (Å²) in [7, 11) is 1.20. The van der Waals surface area contributed by atoms with Gasteiger partial charge in [-0.2, -0.15) is 9.99 Å². The molecular formula is C12H9N3O3. The highest BCUT2D eigenvalue weighted by atomic mass is 16.5. The lowest BCUT2D eigenvalue weighted by molar-refractivity contribution is 0.0601. The molecular weight excluding hydrogens is 234 g/mol. The normalized spacial score (nSPS) is 10.0. The Hall–Kier alpha value is -2.81. The molecule has 0 saturated heterocycles. The number of benzene rings is 1. The van der Waals surface area contributed by atoms with Crippen LogP contribution in [0.2, 0.25) is 0 Å². The van der Waals surface area contributed by atoms with E-state index >= 15 is 0 Å². The van der Waals surface area contributed by atoms with Gasteiger partial charge in [-0.15, -0.1) is 0 Å². The van der Waals surface area contributed by atoms with Crippen molar-refractivity contribution in [3.05, 3.63) is 40.9 Å². The second-order valence-electron chi connectivity index (χ2n) is 3.53. The summed E-state index contributed by atoms with van der Waals surface area (Å²) in [5.74, 6) is -0.711. The average Bonchev–Trinajstić information content (AvgIpc) is 2.41. The minimum atomic E-state index is -0.711. The molecule has 1 heterocycles. The smallest absolute Gasteiger partial charge is 0.340 e. The van der Waals surface area contributed by atoms with E-state index in [4.69, 9.17) is 10.7 Å². The van der Waals surface area contributed by atoms with Crippen molar-refractivity contribution in [1.29, 1.82) is 10.7 Å². The third-order valence-electron chi connectivity index (χ3n) is 2.60. The van der Waals surface area contributed by atoms with Gasteiger partial charge in [-0.3, -0.25) is 5.41 Å². The lowest BCUT2D eigenvalue weighted by Gasteiger charge is -2.10. The van der Waals surface area contributed by atoms with Gasteiger partial charge in [-0.05, 0) is 6.07 Å². The summed E-state index contributed by atoms with van der Waals surface area (Å²) in [5.41, 5.74) is -0.410. The summed E-state index contributed by atoms with van der Waals surface area (Å²) < 4.78 is 5.19. The quantitative estimate of drug-likeness (QED) is 0.576. The molecule has 0 fully saturated rings. The molecule has 2 rings (SSSR count). The number of para-hydroxylation sites is 1. The molecule has 0 aliphatic rings. The maximum absolute atomic E-state index is 11.7. The van der Waals surface area contributed by atoms with Gasteiger partial charge in [0.2, 0.25) is 0 Å². The van der Waals surface area contributed by atoms with Crippen molar-refractivity contribution in [2.75, 3.05) is 7.11 Å². The van der Waals surface area contributed by atoms with E-state index in [2.05, 4.69) is 4.74 Å². The first-order valence-corrected chi connectivity index (χ1v) is 5.01. The lowest BCUT2D eigenvalue weighted by atomic mass is 10.0. The number of hydrogen-bond donors (Lipinski definition) is 2. The van der Waals surface area contributed by atoms with Crippen molar-refractivity contribution in [2.24, 2.45) is 0 Å². The van der Waals surface area contributed by atoms with Crippen LogP contribution in [0.5, 0.6) is 0 Å². The third-order valence-corrected chi connectivity index (χ3v) is 2.60. The van der Waals surface area contributed by atoms with Gasteiger partial charge >= 0.3 is 5.97 Å². The molecule has 1 aromatic heterocycles. The van der Waals surface area contributed by atoms with Crippen molar-refractivity contribution in [2.45, 2.75) is 0 Å². The Kier molecular flexibility index (Phi) is 2.73. The summed E-state index contributed by atoms with van der Waals surface area (Å²) in [6.07, 6.45) is 0. The molecule has 18 heavy (non-hydrogen) atoms. The number of esters is 1. The van der Waals surface area contributed by atoms with Crippen molar-refractivity contribution < 1.29 is 14.7 Å². The van der Waals surface area contributed by atoms with E-state index in [0.717, 1.165) is 0 Å². The number of carbonyl (C=O) groups excluding carboxylic acids is 1. The van der Waals surface area contributed by atoms with Gasteiger partial charge < -0.3 is 9.94 Å². The molecule has 6 nitrogen and oxygen atoms in total. The van der Waals surface area contributed by atoms with Crippen LogP contribution < -0.4 is 5.49 Å². The zero-order valence-corrected chi connectivity index (χ0v) is 9.47. The molecule has 0 spiro atoms. The number of pyridine rings is 1. The highest BCUT2D eigenvalue weighted by Gasteiger charge is 2.20. The number of fused-ring (bicyclic) bond motifs is 1. The van der Waals surface area contributed by atoms with Gasteiger partial charge in [0.25, 0.3) is 0 Å². The molecule has 1 aromatic carbocycles. The van der Waals surface area contributed by atoms with Crippen molar-refractivity contribution in [1.82, 2.24) is 4.73 Å². The molecule has 0 atom stereocenters.